The van der Waals surface area contributed by atoms with E-state index in [4.69, 9.17) is 0 Å². The Morgan fingerprint density at radius 3 is 2.34 bits per heavy atom. The maximum Gasteiger partial charge on any atom is 0.253 e. The summed E-state index contributed by atoms with van der Waals surface area (Å²) in [5.41, 5.74) is 3.43. The van der Waals surface area contributed by atoms with E-state index < -0.39 is 0 Å². The molecule has 0 spiro atoms. The normalized spacial score (nSPS) is 15.4. The van der Waals surface area contributed by atoms with Gasteiger partial charge in [0, 0.05) is 69.2 Å². The van der Waals surface area contributed by atoms with E-state index in [1.54, 1.807) is 26.4 Å². The number of benzene rings is 2. The van der Waals surface area contributed by atoms with Gasteiger partial charge in [-0.2, -0.15) is 0 Å². The van der Waals surface area contributed by atoms with Crippen molar-refractivity contribution in [1.29, 1.82) is 0 Å². The van der Waals surface area contributed by atoms with Gasteiger partial charge in [0.2, 0.25) is 0 Å². The smallest absolute Gasteiger partial charge is 0.253 e. The number of fused-ring (bicyclic) bond motifs is 1. The van der Waals surface area contributed by atoms with E-state index in [-0.39, 0.29) is 11.7 Å². The Kier molecular flexibility index (Phi) is 8.30. The lowest BCUT2D eigenvalue weighted by Gasteiger charge is -2.34. The number of rotatable bonds is 5. The molecular formula is C25H29N3O4. The van der Waals surface area contributed by atoms with Gasteiger partial charge in [0.05, 0.1) is 12.2 Å². The summed E-state index contributed by atoms with van der Waals surface area (Å²) < 4.78 is 4.25. The Morgan fingerprint density at radius 1 is 1.00 bits per heavy atom. The number of piperazine rings is 1. The minimum Gasteiger partial charge on any atom is -0.388 e. The molecule has 1 N–H and O–H groups in total. The van der Waals surface area contributed by atoms with Crippen LogP contribution in [0.15, 0.2) is 54.6 Å². The average Bonchev–Trinajstić information content (AvgIpc) is 2.84. The third kappa shape index (κ3) is 5.49. The molecule has 4 rings (SSSR count). The molecule has 0 aliphatic carbocycles. The molecule has 0 unspecified atom stereocenters. The number of Topliss-reactive ketones (excluding diaryl/α,β-unsaturated/α-hetero) is 1. The number of anilines is 1. The Balaban J connectivity index is 0.000000913. The second kappa shape index (κ2) is 11.4. The maximum atomic E-state index is 13.0. The molecule has 32 heavy (non-hydrogen) atoms. The monoisotopic (exact) mass is 435 g/mol. The van der Waals surface area contributed by atoms with E-state index in [2.05, 4.69) is 15.0 Å². The fraction of sp³-hybridized carbons (Fsp3) is 0.320. The minimum atomic E-state index is 0.0351. The summed E-state index contributed by atoms with van der Waals surface area (Å²) in [6.45, 7) is 3.37. The minimum absolute atomic E-state index is 0.0351. The second-order valence-corrected chi connectivity index (χ2v) is 7.65. The molecule has 2 aromatic rings. The second-order valence-electron chi connectivity index (χ2n) is 7.65. The summed E-state index contributed by atoms with van der Waals surface area (Å²) in [5, 5.41) is 3.19. The van der Waals surface area contributed by atoms with Crippen molar-refractivity contribution in [3.8, 4) is 0 Å². The van der Waals surface area contributed by atoms with Crippen molar-refractivity contribution < 1.29 is 19.1 Å². The van der Waals surface area contributed by atoms with Crippen molar-refractivity contribution in [3.05, 3.63) is 71.3 Å². The Morgan fingerprint density at radius 2 is 1.69 bits per heavy atom. The molecule has 2 aliphatic rings. The standard InChI is InChI=1S/C23H23N3O3.C2H6O/c27-16-18-7-4-8-20-19(9-10-24-22(18)20)21(28)15-25-11-13-26(14-12-25)23(29)17-5-2-1-3-6-17;1-3-2/h1-9,16,24H,10-15H2;1-2H3. The molecule has 7 heteroatoms. The number of carbonyl (C=O) groups excluding carboxylic acids is 3. The molecular weight excluding hydrogens is 406 g/mol. The van der Waals surface area contributed by atoms with E-state index in [9.17, 15) is 14.4 Å². The Labute approximate surface area is 188 Å². The SMILES string of the molecule is COC.O=Cc1cccc2c1NCC=C2C(=O)CN1CCN(C(=O)c2ccccc2)CC1. The van der Waals surface area contributed by atoms with Crippen LogP contribution >= 0.6 is 0 Å². The lowest BCUT2D eigenvalue weighted by molar-refractivity contribution is -0.115. The van der Waals surface area contributed by atoms with Crippen LogP contribution in [0.25, 0.3) is 5.57 Å². The highest BCUT2D eigenvalue weighted by Gasteiger charge is 2.26. The summed E-state index contributed by atoms with van der Waals surface area (Å²) in [4.78, 5) is 40.7. The first kappa shape index (κ1) is 23.4. The van der Waals surface area contributed by atoms with Crippen LogP contribution in [-0.2, 0) is 9.53 Å². The molecule has 1 fully saturated rings. The molecule has 2 heterocycles. The van der Waals surface area contributed by atoms with Crippen molar-refractivity contribution in [1.82, 2.24) is 9.80 Å². The highest BCUT2D eigenvalue weighted by atomic mass is 16.4. The van der Waals surface area contributed by atoms with Crippen LogP contribution < -0.4 is 5.32 Å². The number of hydrogen-bond acceptors (Lipinski definition) is 6. The first-order valence-corrected chi connectivity index (χ1v) is 10.6. The van der Waals surface area contributed by atoms with Gasteiger partial charge in [-0.25, -0.2) is 0 Å². The highest BCUT2D eigenvalue weighted by Crippen LogP contribution is 2.30. The van der Waals surface area contributed by atoms with Gasteiger partial charge in [-0.15, -0.1) is 0 Å². The Hall–Kier alpha value is -3.29. The molecule has 0 atom stereocenters. The molecule has 7 nitrogen and oxygen atoms in total. The lowest BCUT2D eigenvalue weighted by Crippen LogP contribution is -2.50. The predicted octanol–water partition coefficient (Wildman–Crippen LogP) is 2.60. The molecule has 0 bridgehead atoms. The first-order chi connectivity index (χ1) is 15.6. The highest BCUT2D eigenvalue weighted by molar-refractivity contribution is 6.24. The molecule has 168 valence electrons. The summed E-state index contributed by atoms with van der Waals surface area (Å²) in [6, 6.07) is 14.7. The number of ether oxygens (including phenoxy) is 1. The molecule has 2 aliphatic heterocycles. The van der Waals surface area contributed by atoms with Gasteiger partial charge in [0.1, 0.15) is 0 Å². The molecule has 0 aromatic heterocycles. The van der Waals surface area contributed by atoms with Crippen molar-refractivity contribution in [2.75, 3.05) is 58.8 Å². The summed E-state index contributed by atoms with van der Waals surface area (Å²) in [7, 11) is 3.25. The molecule has 1 amide bonds. The Bertz CT molecular complexity index is 980. The van der Waals surface area contributed by atoms with Gasteiger partial charge < -0.3 is 15.0 Å². The third-order valence-corrected chi connectivity index (χ3v) is 5.45. The first-order valence-electron chi connectivity index (χ1n) is 10.6. The quantitative estimate of drug-likeness (QED) is 0.728. The summed E-state index contributed by atoms with van der Waals surface area (Å²) >= 11 is 0. The van der Waals surface area contributed by atoms with Gasteiger partial charge in [-0.1, -0.05) is 36.4 Å². The molecule has 2 aromatic carbocycles. The van der Waals surface area contributed by atoms with Crippen molar-refractivity contribution in [2.24, 2.45) is 0 Å². The zero-order valence-electron chi connectivity index (χ0n) is 18.5. The fourth-order valence-corrected chi connectivity index (χ4v) is 3.88. The van der Waals surface area contributed by atoms with Crippen molar-refractivity contribution in [2.45, 2.75) is 0 Å². The summed E-state index contributed by atoms with van der Waals surface area (Å²) in [6.07, 6.45) is 2.69. The van der Waals surface area contributed by atoms with E-state index in [1.807, 2.05) is 47.4 Å². The van der Waals surface area contributed by atoms with Crippen molar-refractivity contribution in [3.63, 3.8) is 0 Å². The topological polar surface area (TPSA) is 79.0 Å². The predicted molar refractivity (Wildman–Crippen MR) is 125 cm³/mol. The van der Waals surface area contributed by atoms with Gasteiger partial charge in [-0.05, 0) is 18.2 Å². The molecule has 1 saturated heterocycles. The summed E-state index contributed by atoms with van der Waals surface area (Å²) in [5.74, 6) is 0.0756. The fourth-order valence-electron chi connectivity index (χ4n) is 3.88. The van der Waals surface area contributed by atoms with Crippen LogP contribution in [0.4, 0.5) is 5.69 Å². The van der Waals surface area contributed by atoms with E-state index in [0.717, 1.165) is 17.5 Å². The number of methoxy groups -OCH3 is 1. The third-order valence-electron chi connectivity index (χ3n) is 5.45. The molecule has 0 radical (unpaired) electrons. The number of para-hydroxylation sites is 1. The van der Waals surface area contributed by atoms with Crippen LogP contribution in [0.5, 0.6) is 0 Å². The van der Waals surface area contributed by atoms with Gasteiger partial charge >= 0.3 is 0 Å². The zero-order valence-corrected chi connectivity index (χ0v) is 18.5. The number of amides is 1. The van der Waals surface area contributed by atoms with Crippen LogP contribution in [0, 0.1) is 0 Å². The van der Waals surface area contributed by atoms with E-state index in [0.29, 0.717) is 56.0 Å². The van der Waals surface area contributed by atoms with E-state index >= 15 is 0 Å². The van der Waals surface area contributed by atoms with Crippen LogP contribution in [0.3, 0.4) is 0 Å². The van der Waals surface area contributed by atoms with Crippen molar-refractivity contribution >= 4 is 29.2 Å². The number of carbonyl (C=O) groups is 3. The zero-order chi connectivity index (χ0) is 22.9. The number of ketones is 1. The van der Waals surface area contributed by atoms with Crippen LogP contribution in [-0.4, -0.2) is 81.3 Å². The van der Waals surface area contributed by atoms with Gasteiger partial charge in [0.15, 0.2) is 12.1 Å². The lowest BCUT2D eigenvalue weighted by atomic mass is 9.94. The molecule has 0 saturated carbocycles. The average molecular weight is 436 g/mol. The van der Waals surface area contributed by atoms with E-state index in [1.165, 1.54) is 0 Å². The number of hydrogen-bond donors (Lipinski definition) is 1. The van der Waals surface area contributed by atoms with Crippen LogP contribution in [0.1, 0.15) is 26.3 Å². The number of nitrogens with zero attached hydrogens (tertiary/aromatic N) is 2. The number of nitrogens with one attached hydrogen (secondary N) is 1. The maximum absolute atomic E-state index is 13.0. The van der Waals surface area contributed by atoms with Gasteiger partial charge in [-0.3, -0.25) is 19.3 Å². The van der Waals surface area contributed by atoms with Gasteiger partial charge in [0.25, 0.3) is 5.91 Å². The largest absolute Gasteiger partial charge is 0.388 e. The van der Waals surface area contributed by atoms with Crippen LogP contribution in [0.2, 0.25) is 0 Å². The number of aldehydes is 1.